The Bertz CT molecular complexity index is 493. The van der Waals surface area contributed by atoms with Crippen LogP contribution in [0.4, 0.5) is 5.69 Å². The van der Waals surface area contributed by atoms with Gasteiger partial charge in [-0.25, -0.2) is 4.98 Å². The van der Waals surface area contributed by atoms with Crippen molar-refractivity contribution in [3.05, 3.63) is 20.9 Å². The Labute approximate surface area is 111 Å². The molecule has 0 aromatic carbocycles. The molecular formula is C8H6Cl3N3O3. The van der Waals surface area contributed by atoms with Crippen LogP contribution in [0.15, 0.2) is 0 Å². The number of anilines is 1. The number of hydrogen-bond donors (Lipinski definition) is 3. The highest BCUT2D eigenvalue weighted by Crippen LogP contribution is 2.34. The Balaban J connectivity index is 3.06. The number of carbonyl (C=O) groups excluding carboxylic acids is 1. The molecule has 0 aliphatic heterocycles. The van der Waals surface area contributed by atoms with Crippen LogP contribution in [0.25, 0.3) is 0 Å². The zero-order valence-electron chi connectivity index (χ0n) is 8.13. The van der Waals surface area contributed by atoms with Gasteiger partial charge in [-0.05, 0) is 0 Å². The number of nitrogens with one attached hydrogen (secondary N) is 1. The van der Waals surface area contributed by atoms with Gasteiger partial charge in [0.05, 0.1) is 10.7 Å². The van der Waals surface area contributed by atoms with Gasteiger partial charge in [0, 0.05) is 0 Å². The molecule has 1 rings (SSSR count). The maximum Gasteiger partial charge on any atom is 0.322 e. The second-order valence-corrected chi connectivity index (χ2v) is 3.98. The van der Waals surface area contributed by atoms with E-state index in [1.807, 2.05) is 0 Å². The van der Waals surface area contributed by atoms with Crippen LogP contribution in [0.1, 0.15) is 10.5 Å². The molecule has 0 aliphatic carbocycles. The molecule has 0 radical (unpaired) electrons. The number of carbonyl (C=O) groups is 2. The fraction of sp³-hybridized carbons (Fsp3) is 0.125. The average molecular weight is 299 g/mol. The molecule has 17 heavy (non-hydrogen) atoms. The van der Waals surface area contributed by atoms with Crippen molar-refractivity contribution in [2.24, 2.45) is 0 Å². The normalized spacial score (nSPS) is 10.1. The molecular weight excluding hydrogens is 292 g/mol. The Kier molecular flexibility index (Phi) is 4.39. The van der Waals surface area contributed by atoms with Crippen LogP contribution in [-0.4, -0.2) is 28.5 Å². The Hall–Kier alpha value is -1.24. The fourth-order valence-corrected chi connectivity index (χ4v) is 1.52. The summed E-state index contributed by atoms with van der Waals surface area (Å²) in [5, 5.41) is 10.0. The summed E-state index contributed by atoms with van der Waals surface area (Å²) in [6.45, 7) is -0.572. The number of aromatic nitrogens is 1. The fourth-order valence-electron chi connectivity index (χ4n) is 0.921. The average Bonchev–Trinajstić information content (AvgIpc) is 2.28. The van der Waals surface area contributed by atoms with E-state index >= 15 is 0 Å². The number of rotatable bonds is 3. The van der Waals surface area contributed by atoms with Crippen molar-refractivity contribution >= 4 is 52.4 Å². The van der Waals surface area contributed by atoms with E-state index in [2.05, 4.69) is 10.3 Å². The van der Waals surface area contributed by atoms with Crippen molar-refractivity contribution in [3.8, 4) is 0 Å². The first-order chi connectivity index (χ1) is 7.84. The first-order valence-electron chi connectivity index (χ1n) is 4.14. The van der Waals surface area contributed by atoms with E-state index in [-0.39, 0.29) is 26.6 Å². The summed E-state index contributed by atoms with van der Waals surface area (Å²) >= 11 is 17.0. The number of amides is 1. The molecule has 0 atom stereocenters. The molecule has 1 amide bonds. The molecule has 0 saturated carbocycles. The van der Waals surface area contributed by atoms with E-state index in [1.54, 1.807) is 0 Å². The Morgan fingerprint density at radius 3 is 2.41 bits per heavy atom. The van der Waals surface area contributed by atoms with Gasteiger partial charge in [0.25, 0.3) is 5.91 Å². The number of nitrogens with two attached hydrogens (primary N) is 1. The molecule has 0 unspecified atom stereocenters. The third kappa shape index (κ3) is 3.12. The van der Waals surface area contributed by atoms with Gasteiger partial charge in [-0.15, -0.1) is 0 Å². The molecule has 9 heteroatoms. The van der Waals surface area contributed by atoms with Crippen LogP contribution in [0, 0.1) is 0 Å². The third-order valence-electron chi connectivity index (χ3n) is 1.69. The van der Waals surface area contributed by atoms with Crippen molar-refractivity contribution in [2.75, 3.05) is 12.3 Å². The largest absolute Gasteiger partial charge is 0.480 e. The highest BCUT2D eigenvalue weighted by molar-refractivity contribution is 6.46. The van der Waals surface area contributed by atoms with Crippen LogP contribution in [0.3, 0.4) is 0 Å². The van der Waals surface area contributed by atoms with Crippen molar-refractivity contribution in [1.82, 2.24) is 10.3 Å². The minimum Gasteiger partial charge on any atom is -0.480 e. The van der Waals surface area contributed by atoms with Crippen molar-refractivity contribution in [1.29, 1.82) is 0 Å². The molecule has 6 nitrogen and oxygen atoms in total. The van der Waals surface area contributed by atoms with Gasteiger partial charge >= 0.3 is 5.97 Å². The highest BCUT2D eigenvalue weighted by atomic mass is 35.5. The van der Waals surface area contributed by atoms with E-state index in [9.17, 15) is 9.59 Å². The molecule has 0 aliphatic rings. The minimum atomic E-state index is -1.21. The molecule has 92 valence electrons. The summed E-state index contributed by atoms with van der Waals surface area (Å²) in [4.78, 5) is 25.4. The number of carboxylic acid groups (broad SMARTS) is 1. The summed E-state index contributed by atoms with van der Waals surface area (Å²) in [6.07, 6.45) is 0. The van der Waals surface area contributed by atoms with Gasteiger partial charge in [-0.3, -0.25) is 9.59 Å². The minimum absolute atomic E-state index is 0.0635. The van der Waals surface area contributed by atoms with Crippen LogP contribution >= 0.6 is 34.8 Å². The SMILES string of the molecule is Nc1c(Cl)c(Cl)nc(C(=O)NCC(=O)O)c1Cl. The van der Waals surface area contributed by atoms with Crippen LogP contribution in [-0.2, 0) is 4.79 Å². The molecule has 0 saturated heterocycles. The number of aliphatic carboxylic acids is 1. The lowest BCUT2D eigenvalue weighted by molar-refractivity contribution is -0.135. The van der Waals surface area contributed by atoms with E-state index in [1.165, 1.54) is 0 Å². The molecule has 1 aromatic rings. The van der Waals surface area contributed by atoms with Gasteiger partial charge in [0.1, 0.15) is 11.6 Å². The predicted octanol–water partition coefficient (Wildman–Crippen LogP) is 1.44. The molecule has 1 aromatic heterocycles. The van der Waals surface area contributed by atoms with Gasteiger partial charge in [-0.2, -0.15) is 0 Å². The molecule has 0 bridgehead atoms. The summed E-state index contributed by atoms with van der Waals surface area (Å²) < 4.78 is 0. The lowest BCUT2D eigenvalue weighted by atomic mass is 10.3. The number of nitrogens with zero attached hydrogens (tertiary/aromatic N) is 1. The zero-order valence-corrected chi connectivity index (χ0v) is 10.4. The summed E-state index contributed by atoms with van der Waals surface area (Å²) in [5.74, 6) is -2.01. The van der Waals surface area contributed by atoms with E-state index in [0.29, 0.717) is 0 Å². The topological polar surface area (TPSA) is 105 Å². The summed E-state index contributed by atoms with van der Waals surface area (Å²) in [5.41, 5.74) is 5.13. The number of pyridine rings is 1. The highest BCUT2D eigenvalue weighted by Gasteiger charge is 2.19. The second-order valence-electron chi connectivity index (χ2n) is 2.87. The first-order valence-corrected chi connectivity index (χ1v) is 5.28. The Morgan fingerprint density at radius 2 is 1.88 bits per heavy atom. The lowest BCUT2D eigenvalue weighted by Crippen LogP contribution is -2.30. The van der Waals surface area contributed by atoms with Gasteiger partial charge < -0.3 is 16.2 Å². The number of halogens is 3. The van der Waals surface area contributed by atoms with Gasteiger partial charge in [-0.1, -0.05) is 34.8 Å². The van der Waals surface area contributed by atoms with Crippen LogP contribution in [0.2, 0.25) is 15.2 Å². The molecule has 0 fully saturated rings. The standard InChI is InChI=1S/C8H6Cl3N3O3/c9-3-5(12)4(10)7(11)14-6(3)8(17)13-1-2(15)16/h1H2,(H2,12,14)(H,13,17)(H,15,16). The zero-order chi connectivity index (χ0) is 13.2. The maximum absolute atomic E-state index is 11.5. The van der Waals surface area contributed by atoms with Crippen molar-refractivity contribution < 1.29 is 14.7 Å². The van der Waals surface area contributed by atoms with Crippen LogP contribution in [0.5, 0.6) is 0 Å². The molecule has 4 N–H and O–H groups in total. The van der Waals surface area contributed by atoms with Gasteiger partial charge in [0.2, 0.25) is 0 Å². The van der Waals surface area contributed by atoms with E-state index < -0.39 is 18.4 Å². The van der Waals surface area contributed by atoms with E-state index in [0.717, 1.165) is 0 Å². The smallest absolute Gasteiger partial charge is 0.322 e. The van der Waals surface area contributed by atoms with Crippen LogP contribution < -0.4 is 11.1 Å². The summed E-state index contributed by atoms with van der Waals surface area (Å²) in [7, 11) is 0. The predicted molar refractivity (Wildman–Crippen MR) is 63.6 cm³/mol. The number of nitrogen functional groups attached to an aromatic ring is 1. The van der Waals surface area contributed by atoms with Gasteiger partial charge in [0.15, 0.2) is 10.8 Å². The maximum atomic E-state index is 11.5. The monoisotopic (exact) mass is 297 g/mol. The third-order valence-corrected chi connectivity index (χ3v) is 2.82. The molecule has 1 heterocycles. The lowest BCUT2D eigenvalue weighted by Gasteiger charge is -2.08. The number of hydrogen-bond acceptors (Lipinski definition) is 4. The van der Waals surface area contributed by atoms with Crippen molar-refractivity contribution in [3.63, 3.8) is 0 Å². The van der Waals surface area contributed by atoms with Crippen molar-refractivity contribution in [2.45, 2.75) is 0 Å². The summed E-state index contributed by atoms with van der Waals surface area (Å²) in [6, 6.07) is 0. The molecule has 0 spiro atoms. The second kappa shape index (κ2) is 5.39. The quantitative estimate of drug-likeness (QED) is 0.732. The first kappa shape index (κ1) is 13.8. The Morgan fingerprint density at radius 1 is 1.29 bits per heavy atom. The van der Waals surface area contributed by atoms with E-state index in [4.69, 9.17) is 45.6 Å². The number of carboxylic acids is 1.